The molecule has 208 valence electrons. The largest absolute Gasteiger partial charge is 0.494 e. The van der Waals surface area contributed by atoms with E-state index < -0.39 is 0 Å². The number of nitrogens with zero attached hydrogens (tertiary/aromatic N) is 5. The number of hydrogen-bond donors (Lipinski definition) is 0. The average molecular weight is 574 g/mol. The molecule has 9 heteroatoms. The summed E-state index contributed by atoms with van der Waals surface area (Å²) >= 11 is 1.30. The minimum atomic E-state index is -0.229. The SMILES string of the molecule is CCCCCOc1ccc(-c2nc3sc(=Cc4cn(-c5ccccc5)nc4-c4cc5ccccc5o4)c(=O)n3n2)cc1. The summed E-state index contributed by atoms with van der Waals surface area (Å²) in [4.78, 5) is 18.6. The molecule has 4 aromatic heterocycles. The second-order valence-corrected chi connectivity index (χ2v) is 11.0. The van der Waals surface area contributed by atoms with Gasteiger partial charge in [-0.15, -0.1) is 5.10 Å². The number of furan rings is 1. The van der Waals surface area contributed by atoms with E-state index in [1.54, 1.807) is 4.68 Å². The zero-order valence-corrected chi connectivity index (χ0v) is 23.8. The first-order valence-corrected chi connectivity index (χ1v) is 14.8. The van der Waals surface area contributed by atoms with Crippen LogP contribution >= 0.6 is 11.3 Å². The number of thiazole rings is 1. The summed E-state index contributed by atoms with van der Waals surface area (Å²) in [5.41, 5.74) is 3.68. The van der Waals surface area contributed by atoms with Crippen LogP contribution in [-0.2, 0) is 0 Å². The van der Waals surface area contributed by atoms with Crippen LogP contribution in [-0.4, -0.2) is 31.0 Å². The Kier molecular flexibility index (Phi) is 6.85. The lowest BCUT2D eigenvalue weighted by Crippen LogP contribution is -2.23. The van der Waals surface area contributed by atoms with E-state index in [1.807, 2.05) is 97.2 Å². The molecule has 7 aromatic rings. The van der Waals surface area contributed by atoms with Gasteiger partial charge >= 0.3 is 0 Å². The monoisotopic (exact) mass is 573 g/mol. The fraction of sp³-hybridized carbons (Fsp3) is 0.152. The molecule has 0 fully saturated rings. The second-order valence-electron chi connectivity index (χ2n) is 9.99. The molecule has 42 heavy (non-hydrogen) atoms. The van der Waals surface area contributed by atoms with Crippen molar-refractivity contribution in [1.82, 2.24) is 24.4 Å². The van der Waals surface area contributed by atoms with Crippen LogP contribution in [0.25, 0.3) is 50.5 Å². The van der Waals surface area contributed by atoms with Crippen LogP contribution in [0.4, 0.5) is 0 Å². The molecular weight excluding hydrogens is 546 g/mol. The molecule has 0 aliphatic rings. The molecule has 8 nitrogen and oxygen atoms in total. The number of aromatic nitrogens is 5. The molecule has 0 aliphatic carbocycles. The maximum absolute atomic E-state index is 13.4. The summed E-state index contributed by atoms with van der Waals surface area (Å²) in [6.07, 6.45) is 7.09. The van der Waals surface area contributed by atoms with Crippen molar-refractivity contribution in [3.05, 3.63) is 112 Å². The van der Waals surface area contributed by atoms with Gasteiger partial charge in [0.05, 0.1) is 16.8 Å². The van der Waals surface area contributed by atoms with Crippen LogP contribution < -0.4 is 14.8 Å². The van der Waals surface area contributed by atoms with Crippen LogP contribution in [0.2, 0.25) is 0 Å². The first-order chi connectivity index (χ1) is 20.7. The van der Waals surface area contributed by atoms with Gasteiger partial charge in [-0.1, -0.05) is 67.5 Å². The Bertz CT molecular complexity index is 2070. The standard InChI is InChI=1S/C33H27N5O3S/c1-2-3-9-18-40-26-16-14-22(15-17-26)31-34-33-38(36-31)32(39)29(42-33)20-24-21-37(25-11-5-4-6-12-25)35-30(24)28-19-23-10-7-8-13-27(23)41-28/h4-8,10-17,19-21H,2-3,9,18H2,1H3. The highest BCUT2D eigenvalue weighted by atomic mass is 32.1. The number of para-hydroxylation sites is 2. The minimum Gasteiger partial charge on any atom is -0.494 e. The van der Waals surface area contributed by atoms with Gasteiger partial charge in [0.1, 0.15) is 17.0 Å². The summed E-state index contributed by atoms with van der Waals surface area (Å²) in [6, 6.07) is 27.3. The second kappa shape index (κ2) is 11.1. The lowest BCUT2D eigenvalue weighted by molar-refractivity contribution is 0.306. The smallest absolute Gasteiger partial charge is 0.291 e. The summed E-state index contributed by atoms with van der Waals surface area (Å²) in [7, 11) is 0. The minimum absolute atomic E-state index is 0.229. The van der Waals surface area contributed by atoms with Gasteiger partial charge in [-0.25, -0.2) is 4.68 Å². The fourth-order valence-corrected chi connectivity index (χ4v) is 5.73. The summed E-state index contributed by atoms with van der Waals surface area (Å²) in [5.74, 6) is 1.94. The van der Waals surface area contributed by atoms with Crippen LogP contribution in [0.3, 0.4) is 0 Å². The zero-order valence-electron chi connectivity index (χ0n) is 22.9. The van der Waals surface area contributed by atoms with E-state index in [9.17, 15) is 4.79 Å². The van der Waals surface area contributed by atoms with E-state index >= 15 is 0 Å². The van der Waals surface area contributed by atoms with Gasteiger partial charge in [-0.05, 0) is 61.0 Å². The molecule has 0 aliphatic heterocycles. The van der Waals surface area contributed by atoms with Crippen molar-refractivity contribution in [3.8, 4) is 34.3 Å². The van der Waals surface area contributed by atoms with E-state index in [0.29, 0.717) is 33.4 Å². The molecule has 0 spiro atoms. The molecule has 0 N–H and O–H groups in total. The molecule has 0 saturated carbocycles. The molecular formula is C33H27N5O3S. The van der Waals surface area contributed by atoms with Crippen molar-refractivity contribution >= 4 is 33.3 Å². The summed E-state index contributed by atoms with van der Waals surface area (Å²) in [5, 5.41) is 10.4. The Labute approximate surface area is 245 Å². The highest BCUT2D eigenvalue weighted by Crippen LogP contribution is 2.30. The predicted molar refractivity (Wildman–Crippen MR) is 165 cm³/mol. The Morgan fingerprint density at radius 2 is 1.76 bits per heavy atom. The maximum atomic E-state index is 13.4. The molecule has 3 aromatic carbocycles. The lowest BCUT2D eigenvalue weighted by Gasteiger charge is -2.05. The number of rotatable bonds is 9. The van der Waals surface area contributed by atoms with E-state index in [1.165, 1.54) is 15.9 Å². The number of fused-ring (bicyclic) bond motifs is 2. The molecule has 0 unspecified atom stereocenters. The zero-order chi connectivity index (χ0) is 28.5. The summed E-state index contributed by atoms with van der Waals surface area (Å²) < 4.78 is 15.6. The normalized spacial score (nSPS) is 12.1. The van der Waals surface area contributed by atoms with Crippen molar-refractivity contribution < 1.29 is 9.15 Å². The number of hydrogen-bond acceptors (Lipinski definition) is 7. The van der Waals surface area contributed by atoms with Gasteiger partial charge in [-0.3, -0.25) is 4.79 Å². The van der Waals surface area contributed by atoms with Crippen LogP contribution in [0, 0.1) is 0 Å². The van der Waals surface area contributed by atoms with Gasteiger partial charge < -0.3 is 9.15 Å². The van der Waals surface area contributed by atoms with E-state index in [4.69, 9.17) is 14.3 Å². The van der Waals surface area contributed by atoms with Crippen molar-refractivity contribution in [2.75, 3.05) is 6.61 Å². The predicted octanol–water partition coefficient (Wildman–Crippen LogP) is 6.53. The van der Waals surface area contributed by atoms with Crippen molar-refractivity contribution in [3.63, 3.8) is 0 Å². The van der Waals surface area contributed by atoms with E-state index in [0.717, 1.165) is 52.8 Å². The molecule has 0 atom stereocenters. The highest BCUT2D eigenvalue weighted by Gasteiger charge is 2.17. The number of unbranched alkanes of at least 4 members (excludes halogenated alkanes) is 2. The van der Waals surface area contributed by atoms with Crippen LogP contribution in [0.1, 0.15) is 31.7 Å². The third-order valence-corrected chi connectivity index (χ3v) is 7.98. The Morgan fingerprint density at radius 1 is 0.952 bits per heavy atom. The van der Waals surface area contributed by atoms with E-state index in [2.05, 4.69) is 17.0 Å². The Balaban J connectivity index is 1.24. The van der Waals surface area contributed by atoms with Gasteiger partial charge in [0.25, 0.3) is 5.56 Å². The number of benzene rings is 3. The van der Waals surface area contributed by atoms with Crippen LogP contribution in [0.15, 0.2) is 100 Å². The maximum Gasteiger partial charge on any atom is 0.291 e. The highest BCUT2D eigenvalue weighted by molar-refractivity contribution is 7.15. The van der Waals surface area contributed by atoms with Gasteiger partial charge in [0, 0.05) is 22.7 Å². The Morgan fingerprint density at radius 3 is 2.55 bits per heavy atom. The van der Waals surface area contributed by atoms with Gasteiger partial charge in [-0.2, -0.15) is 14.6 Å². The van der Waals surface area contributed by atoms with Crippen molar-refractivity contribution in [1.29, 1.82) is 0 Å². The Hall–Kier alpha value is -5.02. The van der Waals surface area contributed by atoms with Gasteiger partial charge in [0.15, 0.2) is 11.6 Å². The molecule has 0 saturated heterocycles. The molecule has 4 heterocycles. The van der Waals surface area contributed by atoms with Crippen molar-refractivity contribution in [2.45, 2.75) is 26.2 Å². The molecule has 0 bridgehead atoms. The lowest BCUT2D eigenvalue weighted by atomic mass is 10.2. The third-order valence-electron chi connectivity index (χ3n) is 7.02. The third kappa shape index (κ3) is 4.99. The van der Waals surface area contributed by atoms with Crippen LogP contribution in [0.5, 0.6) is 5.75 Å². The molecule has 0 amide bonds. The number of ether oxygens (including phenoxy) is 1. The first kappa shape index (κ1) is 25.9. The first-order valence-electron chi connectivity index (χ1n) is 13.9. The molecule has 7 rings (SSSR count). The quantitative estimate of drug-likeness (QED) is 0.182. The van der Waals surface area contributed by atoms with Gasteiger partial charge in [0.2, 0.25) is 4.96 Å². The molecule has 0 radical (unpaired) electrons. The van der Waals surface area contributed by atoms with Crippen molar-refractivity contribution in [2.24, 2.45) is 0 Å². The topological polar surface area (TPSA) is 87.5 Å². The van der Waals surface area contributed by atoms with E-state index in [-0.39, 0.29) is 5.56 Å². The fourth-order valence-electron chi connectivity index (χ4n) is 4.84. The average Bonchev–Trinajstić information content (AvgIpc) is 3.80. The summed E-state index contributed by atoms with van der Waals surface area (Å²) in [6.45, 7) is 2.87.